The van der Waals surface area contributed by atoms with E-state index in [0.29, 0.717) is 12.1 Å². The third kappa shape index (κ3) is 4.47. The molecule has 5 rings (SSSR count). The number of benzene rings is 2. The van der Waals surface area contributed by atoms with Crippen molar-refractivity contribution in [3.05, 3.63) is 83.7 Å². The number of para-hydroxylation sites is 1. The molecule has 4 heteroatoms. The molecule has 2 heterocycles. The third-order valence-corrected chi connectivity index (χ3v) is 7.97. The van der Waals surface area contributed by atoms with Gasteiger partial charge in [-0.3, -0.25) is 4.90 Å². The molecule has 3 aromatic rings. The number of piperazine rings is 1. The van der Waals surface area contributed by atoms with Crippen molar-refractivity contribution in [3.63, 3.8) is 0 Å². The summed E-state index contributed by atoms with van der Waals surface area (Å²) in [6.45, 7) is 6.78. The quantitative estimate of drug-likeness (QED) is 0.576. The minimum absolute atomic E-state index is 0.549. The van der Waals surface area contributed by atoms with Gasteiger partial charge in [0.1, 0.15) is 0 Å². The van der Waals surface area contributed by atoms with Crippen molar-refractivity contribution in [2.75, 3.05) is 25.0 Å². The Balaban J connectivity index is 1.33. The lowest BCUT2D eigenvalue weighted by Gasteiger charge is -2.44. The third-order valence-electron chi connectivity index (χ3n) is 7.97. The predicted octanol–water partition coefficient (Wildman–Crippen LogP) is 5.36. The van der Waals surface area contributed by atoms with Crippen LogP contribution in [0.1, 0.15) is 56.2 Å². The molecule has 2 aliphatic rings. The molecule has 0 spiro atoms. The first-order valence-corrected chi connectivity index (χ1v) is 12.5. The van der Waals surface area contributed by atoms with Crippen molar-refractivity contribution in [1.82, 2.24) is 9.47 Å². The van der Waals surface area contributed by atoms with E-state index in [2.05, 4.69) is 102 Å². The van der Waals surface area contributed by atoms with Crippen LogP contribution in [0.2, 0.25) is 0 Å². The van der Waals surface area contributed by atoms with E-state index >= 15 is 0 Å². The lowest BCUT2D eigenvalue weighted by molar-refractivity contribution is 0.0445. The van der Waals surface area contributed by atoms with Crippen LogP contribution in [0.3, 0.4) is 0 Å². The van der Waals surface area contributed by atoms with Crippen LogP contribution >= 0.6 is 0 Å². The van der Waals surface area contributed by atoms with Crippen molar-refractivity contribution in [2.24, 2.45) is 0 Å². The van der Waals surface area contributed by atoms with E-state index in [1.54, 1.807) is 0 Å². The Morgan fingerprint density at radius 2 is 1.58 bits per heavy atom. The van der Waals surface area contributed by atoms with Crippen LogP contribution < -0.4 is 4.90 Å². The monoisotopic (exact) mass is 443 g/mol. The minimum atomic E-state index is -0.623. The molecule has 2 aromatic carbocycles. The zero-order valence-electron chi connectivity index (χ0n) is 20.2. The van der Waals surface area contributed by atoms with Gasteiger partial charge < -0.3 is 14.6 Å². The SMILES string of the molecule is CC1CN(c2ccccc2Cc2ccn(-c3ccc(C4(O)CCCC4)cc3)c2)CC(C)N1C. The summed E-state index contributed by atoms with van der Waals surface area (Å²) >= 11 is 0. The van der Waals surface area contributed by atoms with Crippen molar-refractivity contribution in [1.29, 1.82) is 0 Å². The van der Waals surface area contributed by atoms with Crippen LogP contribution in [0.5, 0.6) is 0 Å². The lowest BCUT2D eigenvalue weighted by Crippen LogP contribution is -2.55. The van der Waals surface area contributed by atoms with Gasteiger partial charge in [-0.1, -0.05) is 43.2 Å². The summed E-state index contributed by atoms with van der Waals surface area (Å²) in [5, 5.41) is 10.9. The highest BCUT2D eigenvalue weighted by molar-refractivity contribution is 5.56. The van der Waals surface area contributed by atoms with Gasteiger partial charge in [-0.2, -0.15) is 0 Å². The number of aliphatic hydroxyl groups is 1. The van der Waals surface area contributed by atoms with Crippen molar-refractivity contribution >= 4 is 5.69 Å². The second kappa shape index (κ2) is 9.00. The molecule has 2 unspecified atom stereocenters. The summed E-state index contributed by atoms with van der Waals surface area (Å²) in [4.78, 5) is 5.05. The molecule has 1 saturated carbocycles. The van der Waals surface area contributed by atoms with E-state index in [1.165, 1.54) is 16.8 Å². The molecular weight excluding hydrogens is 406 g/mol. The number of hydrogen-bond acceptors (Lipinski definition) is 3. The van der Waals surface area contributed by atoms with Crippen LogP contribution in [-0.4, -0.2) is 46.8 Å². The Hall–Kier alpha value is -2.56. The van der Waals surface area contributed by atoms with Gasteiger partial charge >= 0.3 is 0 Å². The number of aromatic nitrogens is 1. The minimum Gasteiger partial charge on any atom is -0.385 e. The van der Waals surface area contributed by atoms with E-state index in [0.717, 1.165) is 56.4 Å². The Bertz CT molecular complexity index is 1070. The molecular formula is C29H37N3O. The topological polar surface area (TPSA) is 31.6 Å². The summed E-state index contributed by atoms with van der Waals surface area (Å²) in [6, 6.07) is 20.7. The predicted molar refractivity (Wildman–Crippen MR) is 136 cm³/mol. The Morgan fingerprint density at radius 3 is 2.27 bits per heavy atom. The molecule has 174 valence electrons. The van der Waals surface area contributed by atoms with Crippen molar-refractivity contribution in [2.45, 2.75) is 63.6 Å². The molecule has 2 atom stereocenters. The maximum absolute atomic E-state index is 10.9. The standard InChI is InChI=1S/C29H37N3O/c1-22-19-32(20-23(2)30(22)3)28-9-5-4-8-25(28)18-24-14-17-31(21-24)27-12-10-26(11-13-27)29(33)15-6-7-16-29/h4-5,8-14,17,21-23,33H,6-7,15-16,18-20H2,1-3H3. The highest BCUT2D eigenvalue weighted by Crippen LogP contribution is 2.38. The van der Waals surface area contributed by atoms with Gasteiger partial charge in [0.25, 0.3) is 0 Å². The normalized spacial score (nSPS) is 23.2. The fourth-order valence-electron chi connectivity index (χ4n) is 5.69. The number of likely N-dealkylation sites (N-methyl/N-ethyl adjacent to an activating group) is 1. The molecule has 2 fully saturated rings. The number of rotatable bonds is 5. The van der Waals surface area contributed by atoms with Crippen LogP contribution in [0.4, 0.5) is 5.69 Å². The van der Waals surface area contributed by atoms with Gasteiger partial charge in [0.2, 0.25) is 0 Å². The first-order chi connectivity index (χ1) is 15.9. The van der Waals surface area contributed by atoms with Gasteiger partial charge in [0.15, 0.2) is 0 Å². The molecule has 1 saturated heterocycles. The largest absolute Gasteiger partial charge is 0.385 e. The highest BCUT2D eigenvalue weighted by Gasteiger charge is 2.32. The van der Waals surface area contributed by atoms with Crippen LogP contribution in [-0.2, 0) is 12.0 Å². The van der Waals surface area contributed by atoms with Gasteiger partial charge in [0.05, 0.1) is 5.60 Å². The van der Waals surface area contributed by atoms with E-state index in [9.17, 15) is 5.11 Å². The summed E-state index contributed by atoms with van der Waals surface area (Å²) in [6.07, 6.45) is 9.31. The van der Waals surface area contributed by atoms with E-state index in [4.69, 9.17) is 0 Å². The second-order valence-corrected chi connectivity index (χ2v) is 10.3. The van der Waals surface area contributed by atoms with E-state index < -0.39 is 5.60 Å². The van der Waals surface area contributed by atoms with Gasteiger partial charge in [-0.15, -0.1) is 0 Å². The molecule has 1 aromatic heterocycles. The summed E-state index contributed by atoms with van der Waals surface area (Å²) < 4.78 is 2.19. The molecule has 1 N–H and O–H groups in total. The van der Waals surface area contributed by atoms with Gasteiger partial charge in [-0.05, 0) is 74.7 Å². The molecule has 0 amide bonds. The van der Waals surface area contributed by atoms with Gasteiger partial charge in [0, 0.05) is 55.4 Å². The van der Waals surface area contributed by atoms with Crippen LogP contribution in [0.25, 0.3) is 5.69 Å². The molecule has 1 aliphatic heterocycles. The van der Waals surface area contributed by atoms with Crippen LogP contribution in [0, 0.1) is 0 Å². The number of nitrogens with zero attached hydrogens (tertiary/aromatic N) is 3. The Morgan fingerprint density at radius 1 is 0.909 bits per heavy atom. The summed E-state index contributed by atoms with van der Waals surface area (Å²) in [5.41, 5.74) is 5.64. The van der Waals surface area contributed by atoms with E-state index in [-0.39, 0.29) is 0 Å². The fourth-order valence-corrected chi connectivity index (χ4v) is 5.69. The maximum Gasteiger partial charge on any atom is 0.0896 e. The summed E-state index contributed by atoms with van der Waals surface area (Å²) in [7, 11) is 2.24. The van der Waals surface area contributed by atoms with Crippen molar-refractivity contribution < 1.29 is 5.11 Å². The first kappa shape index (κ1) is 22.2. The summed E-state index contributed by atoms with van der Waals surface area (Å²) in [5.74, 6) is 0. The second-order valence-electron chi connectivity index (χ2n) is 10.3. The Labute approximate surface area is 198 Å². The number of anilines is 1. The average molecular weight is 444 g/mol. The molecule has 4 nitrogen and oxygen atoms in total. The van der Waals surface area contributed by atoms with Crippen molar-refractivity contribution in [3.8, 4) is 5.69 Å². The maximum atomic E-state index is 10.9. The van der Waals surface area contributed by atoms with Crippen LogP contribution in [0.15, 0.2) is 67.0 Å². The number of hydrogen-bond donors (Lipinski definition) is 1. The highest BCUT2D eigenvalue weighted by atomic mass is 16.3. The smallest absolute Gasteiger partial charge is 0.0896 e. The van der Waals surface area contributed by atoms with Gasteiger partial charge in [-0.25, -0.2) is 0 Å². The molecule has 33 heavy (non-hydrogen) atoms. The average Bonchev–Trinajstić information content (AvgIpc) is 3.48. The van der Waals surface area contributed by atoms with E-state index in [1.807, 2.05) is 0 Å². The Kier molecular flexibility index (Phi) is 6.07. The zero-order valence-corrected chi connectivity index (χ0v) is 20.2. The molecule has 0 bridgehead atoms. The molecule has 0 radical (unpaired) electrons. The zero-order chi connectivity index (χ0) is 23.0. The molecule has 1 aliphatic carbocycles. The first-order valence-electron chi connectivity index (χ1n) is 12.5. The fraction of sp³-hybridized carbons (Fsp3) is 0.448. The lowest BCUT2D eigenvalue weighted by atomic mass is 9.92.